The van der Waals surface area contributed by atoms with Gasteiger partial charge in [0.1, 0.15) is 5.75 Å². The Morgan fingerprint density at radius 2 is 1.67 bits per heavy atom. The molecule has 1 heterocycles. The molecule has 0 radical (unpaired) electrons. The number of hydrogen-bond acceptors (Lipinski definition) is 6. The van der Waals surface area contributed by atoms with Crippen molar-refractivity contribution in [3.8, 4) is 28.5 Å². The fourth-order valence-corrected chi connectivity index (χ4v) is 3.91. The van der Waals surface area contributed by atoms with Crippen molar-refractivity contribution >= 4 is 22.2 Å². The first-order valence-corrected chi connectivity index (χ1v) is 9.63. The Morgan fingerprint density at radius 3 is 2.30 bits per heavy atom. The van der Waals surface area contributed by atoms with Gasteiger partial charge in [0.05, 0.1) is 27.0 Å². The van der Waals surface area contributed by atoms with Crippen LogP contribution in [0.25, 0.3) is 11.3 Å². The number of anilines is 2. The largest absolute Gasteiger partial charge is 0.497 e. The summed E-state index contributed by atoms with van der Waals surface area (Å²) in [6.07, 6.45) is 2.04. The number of aromatic nitrogens is 1. The Morgan fingerprint density at radius 1 is 0.926 bits per heavy atom. The molecule has 0 spiro atoms. The van der Waals surface area contributed by atoms with E-state index in [1.54, 1.807) is 32.7 Å². The quantitative estimate of drug-likeness (QED) is 0.553. The summed E-state index contributed by atoms with van der Waals surface area (Å²) in [6, 6.07) is 13.7. The minimum absolute atomic E-state index is 0.704. The topological polar surface area (TPSA) is 52.6 Å². The molecule has 3 rings (SSSR count). The van der Waals surface area contributed by atoms with E-state index >= 15 is 0 Å². The van der Waals surface area contributed by atoms with Gasteiger partial charge in [-0.2, -0.15) is 0 Å². The van der Waals surface area contributed by atoms with Crippen molar-refractivity contribution in [2.45, 2.75) is 19.8 Å². The molecule has 0 saturated carbocycles. The molecule has 2 aromatic carbocycles. The lowest BCUT2D eigenvalue weighted by atomic mass is 10.1. The molecule has 0 aliphatic carbocycles. The van der Waals surface area contributed by atoms with Crippen LogP contribution in [0.15, 0.2) is 42.5 Å². The number of hydrogen-bond donors (Lipinski definition) is 1. The van der Waals surface area contributed by atoms with Crippen molar-refractivity contribution in [2.75, 3.05) is 26.6 Å². The molecule has 142 valence electrons. The van der Waals surface area contributed by atoms with Crippen molar-refractivity contribution in [3.05, 3.63) is 47.3 Å². The van der Waals surface area contributed by atoms with Gasteiger partial charge in [-0.25, -0.2) is 4.98 Å². The van der Waals surface area contributed by atoms with Gasteiger partial charge in [-0.05, 0) is 48.9 Å². The monoisotopic (exact) mass is 384 g/mol. The van der Waals surface area contributed by atoms with Crippen molar-refractivity contribution in [1.82, 2.24) is 4.98 Å². The molecule has 3 aromatic rings. The number of nitrogens with one attached hydrogen (secondary N) is 1. The van der Waals surface area contributed by atoms with Crippen molar-refractivity contribution in [2.24, 2.45) is 0 Å². The summed E-state index contributed by atoms with van der Waals surface area (Å²) < 4.78 is 16.0. The molecule has 0 fully saturated rings. The second-order valence-corrected chi connectivity index (χ2v) is 7.05. The summed E-state index contributed by atoms with van der Waals surface area (Å²) in [5.41, 5.74) is 2.99. The predicted octanol–water partition coefficient (Wildman–Crippen LogP) is 5.53. The second-order valence-electron chi connectivity index (χ2n) is 5.96. The third-order valence-electron chi connectivity index (χ3n) is 4.17. The second kappa shape index (κ2) is 8.77. The van der Waals surface area contributed by atoms with E-state index in [2.05, 4.69) is 12.2 Å². The highest BCUT2D eigenvalue weighted by atomic mass is 32.1. The Balaban J connectivity index is 1.93. The molecule has 6 heteroatoms. The smallest absolute Gasteiger partial charge is 0.187 e. The van der Waals surface area contributed by atoms with Gasteiger partial charge in [0, 0.05) is 16.1 Å². The zero-order valence-corrected chi connectivity index (χ0v) is 16.9. The highest BCUT2D eigenvalue weighted by Crippen LogP contribution is 2.37. The van der Waals surface area contributed by atoms with Crippen LogP contribution in [-0.2, 0) is 6.42 Å². The highest BCUT2D eigenvalue weighted by Gasteiger charge is 2.15. The van der Waals surface area contributed by atoms with Gasteiger partial charge in [-0.15, -0.1) is 11.3 Å². The molecule has 1 aromatic heterocycles. The molecular formula is C21H24N2O3S. The Kier molecular flexibility index (Phi) is 6.19. The maximum atomic E-state index is 5.45. The average Bonchev–Trinajstić information content (AvgIpc) is 3.10. The molecule has 27 heavy (non-hydrogen) atoms. The van der Waals surface area contributed by atoms with Crippen molar-refractivity contribution in [1.29, 1.82) is 0 Å². The Labute approximate surface area is 163 Å². The van der Waals surface area contributed by atoms with Gasteiger partial charge in [-0.3, -0.25) is 0 Å². The van der Waals surface area contributed by atoms with Crippen LogP contribution < -0.4 is 19.5 Å². The van der Waals surface area contributed by atoms with E-state index in [9.17, 15) is 0 Å². The van der Waals surface area contributed by atoms with E-state index in [1.165, 1.54) is 4.88 Å². The molecule has 1 N–H and O–H groups in total. The summed E-state index contributed by atoms with van der Waals surface area (Å²) in [7, 11) is 4.95. The zero-order chi connectivity index (χ0) is 19.2. The molecule has 0 atom stereocenters. The standard InChI is InChI=1S/C21H24N2O3S/c1-5-6-19-20(14-7-12-17(25-3)18(13-14)26-4)23-21(27-19)22-15-8-10-16(24-2)11-9-15/h7-13H,5-6H2,1-4H3,(H,22,23). The SMILES string of the molecule is CCCc1sc(Nc2ccc(OC)cc2)nc1-c1ccc(OC)c(OC)c1. The van der Waals surface area contributed by atoms with Gasteiger partial charge in [-0.1, -0.05) is 13.3 Å². The molecule has 0 amide bonds. The first-order chi connectivity index (χ1) is 13.2. The minimum atomic E-state index is 0.704. The Bertz CT molecular complexity index is 891. The van der Waals surface area contributed by atoms with Gasteiger partial charge in [0.2, 0.25) is 0 Å². The molecule has 5 nitrogen and oxygen atoms in total. The summed E-state index contributed by atoms with van der Waals surface area (Å²) in [5.74, 6) is 2.25. The third-order valence-corrected chi connectivity index (χ3v) is 5.20. The number of aryl methyl sites for hydroxylation is 1. The fourth-order valence-electron chi connectivity index (χ4n) is 2.81. The van der Waals surface area contributed by atoms with E-state index in [0.717, 1.165) is 40.7 Å². The fraction of sp³-hybridized carbons (Fsp3) is 0.286. The van der Waals surface area contributed by atoms with Crippen molar-refractivity contribution in [3.63, 3.8) is 0 Å². The third kappa shape index (κ3) is 4.34. The van der Waals surface area contributed by atoms with Crippen LogP contribution in [0.5, 0.6) is 17.2 Å². The molecular weight excluding hydrogens is 360 g/mol. The number of thiazole rings is 1. The lowest BCUT2D eigenvalue weighted by Crippen LogP contribution is -1.93. The molecule has 0 aliphatic heterocycles. The van der Waals surface area contributed by atoms with E-state index in [1.807, 2.05) is 42.5 Å². The van der Waals surface area contributed by atoms with Crippen LogP contribution >= 0.6 is 11.3 Å². The number of methoxy groups -OCH3 is 3. The number of rotatable bonds is 8. The van der Waals surface area contributed by atoms with E-state index in [0.29, 0.717) is 11.5 Å². The Hall–Kier alpha value is -2.73. The number of benzene rings is 2. The van der Waals surface area contributed by atoms with Crippen LogP contribution in [0, 0.1) is 0 Å². The van der Waals surface area contributed by atoms with Crippen LogP contribution in [0.3, 0.4) is 0 Å². The van der Waals surface area contributed by atoms with Crippen LogP contribution in [-0.4, -0.2) is 26.3 Å². The van der Waals surface area contributed by atoms with E-state index in [4.69, 9.17) is 19.2 Å². The predicted molar refractivity (Wildman–Crippen MR) is 111 cm³/mol. The van der Waals surface area contributed by atoms with E-state index < -0.39 is 0 Å². The lowest BCUT2D eigenvalue weighted by molar-refractivity contribution is 0.355. The van der Waals surface area contributed by atoms with Crippen LogP contribution in [0.1, 0.15) is 18.2 Å². The van der Waals surface area contributed by atoms with Crippen LogP contribution in [0.2, 0.25) is 0 Å². The molecule has 0 bridgehead atoms. The number of nitrogens with zero attached hydrogens (tertiary/aromatic N) is 1. The summed E-state index contributed by atoms with van der Waals surface area (Å²) in [4.78, 5) is 6.10. The molecule has 0 aliphatic rings. The average molecular weight is 385 g/mol. The normalized spacial score (nSPS) is 10.5. The van der Waals surface area contributed by atoms with Gasteiger partial charge in [0.25, 0.3) is 0 Å². The summed E-state index contributed by atoms with van der Waals surface area (Å²) >= 11 is 1.68. The summed E-state index contributed by atoms with van der Waals surface area (Å²) in [6.45, 7) is 2.18. The maximum Gasteiger partial charge on any atom is 0.187 e. The minimum Gasteiger partial charge on any atom is -0.497 e. The van der Waals surface area contributed by atoms with Crippen molar-refractivity contribution < 1.29 is 14.2 Å². The number of ether oxygens (including phenoxy) is 3. The molecule has 0 unspecified atom stereocenters. The first-order valence-electron chi connectivity index (χ1n) is 8.81. The van der Waals surface area contributed by atoms with Gasteiger partial charge in [0.15, 0.2) is 16.6 Å². The maximum absolute atomic E-state index is 5.45. The van der Waals surface area contributed by atoms with Gasteiger partial charge < -0.3 is 19.5 Å². The zero-order valence-electron chi connectivity index (χ0n) is 16.0. The lowest BCUT2D eigenvalue weighted by Gasteiger charge is -2.09. The van der Waals surface area contributed by atoms with Crippen LogP contribution in [0.4, 0.5) is 10.8 Å². The molecule has 0 saturated heterocycles. The van der Waals surface area contributed by atoms with Gasteiger partial charge >= 0.3 is 0 Å². The summed E-state index contributed by atoms with van der Waals surface area (Å²) in [5, 5.41) is 4.26. The van der Waals surface area contributed by atoms with E-state index in [-0.39, 0.29) is 0 Å². The first kappa shape index (κ1) is 19.0. The highest BCUT2D eigenvalue weighted by molar-refractivity contribution is 7.16.